The van der Waals surface area contributed by atoms with Gasteiger partial charge in [0.25, 0.3) is 5.91 Å². The summed E-state index contributed by atoms with van der Waals surface area (Å²) < 4.78 is 8.47. The first-order chi connectivity index (χ1) is 13.5. The molecule has 1 amide bonds. The van der Waals surface area contributed by atoms with Crippen LogP contribution in [0.4, 0.5) is 0 Å². The van der Waals surface area contributed by atoms with Crippen LogP contribution < -0.4 is 10.1 Å². The summed E-state index contributed by atoms with van der Waals surface area (Å²) in [5.41, 5.74) is 1.54. The first-order valence-corrected chi connectivity index (χ1v) is 10.2. The topological polar surface area (TPSA) is 56.2 Å². The van der Waals surface area contributed by atoms with Gasteiger partial charge in [-0.2, -0.15) is 5.10 Å². The van der Waals surface area contributed by atoms with Crippen LogP contribution in [-0.4, -0.2) is 22.2 Å². The van der Waals surface area contributed by atoms with E-state index in [4.69, 9.17) is 27.9 Å². The molecule has 0 aliphatic heterocycles. The van der Waals surface area contributed by atoms with Crippen molar-refractivity contribution in [2.45, 2.75) is 19.6 Å². The summed E-state index contributed by atoms with van der Waals surface area (Å²) in [6, 6.07) is 12.4. The number of aryl methyl sites for hydroxylation is 1. The van der Waals surface area contributed by atoms with E-state index in [1.54, 1.807) is 36.5 Å². The molecule has 0 aliphatic carbocycles. The smallest absolute Gasteiger partial charge is 0.251 e. The molecule has 0 saturated heterocycles. The zero-order chi connectivity index (χ0) is 19.9. The van der Waals surface area contributed by atoms with Gasteiger partial charge >= 0.3 is 0 Å². The van der Waals surface area contributed by atoms with Crippen molar-refractivity contribution in [1.29, 1.82) is 0 Å². The van der Waals surface area contributed by atoms with Gasteiger partial charge in [0.1, 0.15) is 12.4 Å². The van der Waals surface area contributed by atoms with E-state index in [-0.39, 0.29) is 5.91 Å². The van der Waals surface area contributed by atoms with E-state index in [9.17, 15) is 4.79 Å². The maximum atomic E-state index is 12.2. The van der Waals surface area contributed by atoms with Crippen molar-refractivity contribution in [3.05, 3.63) is 80.5 Å². The number of carbonyl (C=O) groups excluding carboxylic acids is 1. The largest absolute Gasteiger partial charge is 0.487 e. The molecule has 0 spiro atoms. The highest BCUT2D eigenvalue weighted by molar-refractivity contribution is 9.10. The second-order valence-electron chi connectivity index (χ2n) is 6.09. The summed E-state index contributed by atoms with van der Waals surface area (Å²) in [4.78, 5) is 12.2. The molecule has 1 N–H and O–H groups in total. The minimum absolute atomic E-state index is 0.102. The number of nitrogens with zero attached hydrogens (tertiary/aromatic N) is 2. The SMILES string of the molecule is O=C(NCCCn1cc(Br)cn1)c1ccc(COc2ccc(Cl)cc2Cl)cc1. The number of carbonyl (C=O) groups is 1. The number of halogens is 3. The third-order valence-corrected chi connectivity index (χ3v) is 4.90. The van der Waals surface area contributed by atoms with Gasteiger partial charge in [-0.25, -0.2) is 0 Å². The minimum Gasteiger partial charge on any atom is -0.487 e. The fraction of sp³-hybridized carbons (Fsp3) is 0.200. The third kappa shape index (κ3) is 5.99. The number of amides is 1. The van der Waals surface area contributed by atoms with Crippen molar-refractivity contribution in [2.75, 3.05) is 6.54 Å². The van der Waals surface area contributed by atoms with Crippen LogP contribution in [-0.2, 0) is 13.2 Å². The lowest BCUT2D eigenvalue weighted by atomic mass is 10.1. The van der Waals surface area contributed by atoms with Gasteiger partial charge in [0.05, 0.1) is 15.7 Å². The predicted octanol–water partition coefficient (Wildman–Crippen LogP) is 5.35. The molecule has 5 nitrogen and oxygen atoms in total. The maximum absolute atomic E-state index is 12.2. The molecule has 3 aromatic rings. The van der Waals surface area contributed by atoms with Crippen molar-refractivity contribution >= 4 is 45.0 Å². The number of rotatable bonds is 8. The maximum Gasteiger partial charge on any atom is 0.251 e. The molecular weight excluding hydrogens is 465 g/mol. The number of aromatic nitrogens is 2. The average Bonchev–Trinajstić information content (AvgIpc) is 3.10. The Morgan fingerprint density at radius 2 is 1.96 bits per heavy atom. The van der Waals surface area contributed by atoms with Gasteiger partial charge in [0, 0.05) is 29.9 Å². The number of benzene rings is 2. The molecule has 0 aliphatic rings. The summed E-state index contributed by atoms with van der Waals surface area (Å²) in [6.45, 7) is 1.67. The van der Waals surface area contributed by atoms with Crippen LogP contribution in [0.3, 0.4) is 0 Å². The van der Waals surface area contributed by atoms with E-state index in [0.29, 0.717) is 34.5 Å². The van der Waals surface area contributed by atoms with Gasteiger partial charge in [-0.15, -0.1) is 0 Å². The zero-order valence-electron chi connectivity index (χ0n) is 14.9. The summed E-state index contributed by atoms with van der Waals surface area (Å²) in [5, 5.41) is 8.12. The Kier molecular flexibility index (Phi) is 7.36. The monoisotopic (exact) mass is 481 g/mol. The van der Waals surface area contributed by atoms with Crippen LogP contribution in [0.5, 0.6) is 5.75 Å². The highest BCUT2D eigenvalue weighted by atomic mass is 79.9. The Morgan fingerprint density at radius 3 is 2.64 bits per heavy atom. The quantitative estimate of drug-likeness (QED) is 0.440. The van der Waals surface area contributed by atoms with Crippen LogP contribution in [0.1, 0.15) is 22.3 Å². The molecule has 28 heavy (non-hydrogen) atoms. The Balaban J connectivity index is 1.44. The lowest BCUT2D eigenvalue weighted by molar-refractivity contribution is 0.0952. The molecule has 0 saturated carbocycles. The van der Waals surface area contributed by atoms with Crippen molar-refractivity contribution in [3.8, 4) is 5.75 Å². The van der Waals surface area contributed by atoms with Crippen LogP contribution >= 0.6 is 39.1 Å². The van der Waals surface area contributed by atoms with Gasteiger partial charge in [0.2, 0.25) is 0 Å². The summed E-state index contributed by atoms with van der Waals surface area (Å²) in [6.07, 6.45) is 4.44. The van der Waals surface area contributed by atoms with Crippen molar-refractivity contribution < 1.29 is 9.53 Å². The van der Waals surface area contributed by atoms with E-state index in [1.807, 2.05) is 23.0 Å². The predicted molar refractivity (Wildman–Crippen MR) is 114 cm³/mol. The molecule has 0 fully saturated rings. The van der Waals surface area contributed by atoms with Crippen LogP contribution in [0.15, 0.2) is 59.3 Å². The summed E-state index contributed by atoms with van der Waals surface area (Å²) in [7, 11) is 0. The number of nitrogens with one attached hydrogen (secondary N) is 1. The lowest BCUT2D eigenvalue weighted by Gasteiger charge is -2.09. The minimum atomic E-state index is -0.102. The Hall–Kier alpha value is -2.02. The highest BCUT2D eigenvalue weighted by Gasteiger charge is 2.06. The molecule has 3 rings (SSSR count). The standard InChI is InChI=1S/C20H18BrCl2N3O2/c21-16-11-25-26(12-16)9-1-8-24-20(27)15-4-2-14(3-5-15)13-28-19-7-6-17(22)10-18(19)23/h2-7,10-12H,1,8-9,13H2,(H,24,27). The normalized spacial score (nSPS) is 10.7. The van der Waals surface area contributed by atoms with Crippen LogP contribution in [0.25, 0.3) is 0 Å². The van der Waals surface area contributed by atoms with Crippen molar-refractivity contribution in [1.82, 2.24) is 15.1 Å². The average molecular weight is 483 g/mol. The molecule has 2 aromatic carbocycles. The third-order valence-electron chi connectivity index (χ3n) is 3.96. The molecule has 0 radical (unpaired) electrons. The highest BCUT2D eigenvalue weighted by Crippen LogP contribution is 2.28. The number of hydrogen-bond acceptors (Lipinski definition) is 3. The number of ether oxygens (including phenoxy) is 1. The van der Waals surface area contributed by atoms with Crippen molar-refractivity contribution in [2.24, 2.45) is 0 Å². The Morgan fingerprint density at radius 1 is 1.18 bits per heavy atom. The van der Waals surface area contributed by atoms with Gasteiger partial charge < -0.3 is 10.1 Å². The summed E-state index contributed by atoms with van der Waals surface area (Å²) >= 11 is 15.3. The fourth-order valence-corrected chi connectivity index (χ4v) is 3.30. The molecule has 146 valence electrons. The lowest BCUT2D eigenvalue weighted by Crippen LogP contribution is -2.25. The van der Waals surface area contributed by atoms with Gasteiger partial charge in [0.15, 0.2) is 0 Å². The molecule has 0 unspecified atom stereocenters. The van der Waals surface area contributed by atoms with Crippen LogP contribution in [0.2, 0.25) is 10.0 Å². The van der Waals surface area contributed by atoms with E-state index in [0.717, 1.165) is 23.0 Å². The molecule has 1 heterocycles. The van der Waals surface area contributed by atoms with E-state index in [1.165, 1.54) is 0 Å². The van der Waals surface area contributed by atoms with E-state index in [2.05, 4.69) is 26.3 Å². The molecular formula is C20H18BrCl2N3O2. The molecule has 8 heteroatoms. The number of hydrogen-bond donors (Lipinski definition) is 1. The van der Waals surface area contributed by atoms with Gasteiger partial charge in [-0.3, -0.25) is 9.48 Å². The van der Waals surface area contributed by atoms with Crippen molar-refractivity contribution in [3.63, 3.8) is 0 Å². The van der Waals surface area contributed by atoms with Crippen LogP contribution in [0, 0.1) is 0 Å². The second-order valence-corrected chi connectivity index (χ2v) is 7.85. The molecule has 0 bridgehead atoms. The van der Waals surface area contributed by atoms with E-state index < -0.39 is 0 Å². The summed E-state index contributed by atoms with van der Waals surface area (Å²) in [5.74, 6) is 0.465. The molecule has 0 atom stereocenters. The van der Waals surface area contributed by atoms with Gasteiger partial charge in [-0.05, 0) is 58.2 Å². The van der Waals surface area contributed by atoms with E-state index >= 15 is 0 Å². The van der Waals surface area contributed by atoms with Gasteiger partial charge in [-0.1, -0.05) is 35.3 Å². The first kappa shape index (κ1) is 20.7. The molecule has 1 aromatic heterocycles. The first-order valence-electron chi connectivity index (χ1n) is 8.64. The second kappa shape index (κ2) is 9.96. The Labute approximate surface area is 181 Å². The fourth-order valence-electron chi connectivity index (χ4n) is 2.51. The zero-order valence-corrected chi connectivity index (χ0v) is 18.0. The Bertz CT molecular complexity index is 945.